The molecular formula is C19H25N3O3. The van der Waals surface area contributed by atoms with Gasteiger partial charge in [-0.15, -0.1) is 0 Å². The molecule has 0 spiro atoms. The normalized spacial score (nSPS) is 20.6. The molecule has 2 aromatic rings. The predicted molar refractivity (Wildman–Crippen MR) is 95.7 cm³/mol. The second-order valence-corrected chi connectivity index (χ2v) is 6.70. The van der Waals surface area contributed by atoms with Crippen molar-refractivity contribution in [3.05, 3.63) is 46.8 Å². The molecule has 1 amide bonds. The largest absolute Gasteiger partial charge is 0.381 e. The summed E-state index contributed by atoms with van der Waals surface area (Å²) in [4.78, 5) is 14.5. The van der Waals surface area contributed by atoms with E-state index in [-0.39, 0.29) is 18.1 Å². The smallest absolute Gasteiger partial charge is 0.254 e. The summed E-state index contributed by atoms with van der Waals surface area (Å²) in [5.74, 6) is 0.881. The van der Waals surface area contributed by atoms with E-state index in [4.69, 9.17) is 9.26 Å². The molecule has 0 aliphatic carbocycles. The number of carbonyl (C=O) groups is 1. The van der Waals surface area contributed by atoms with Crippen molar-refractivity contribution in [2.75, 3.05) is 18.4 Å². The minimum Gasteiger partial charge on any atom is -0.381 e. The first-order valence-electron chi connectivity index (χ1n) is 8.64. The van der Waals surface area contributed by atoms with E-state index >= 15 is 0 Å². The molecule has 3 rings (SSSR count). The molecule has 1 N–H and O–H groups in total. The van der Waals surface area contributed by atoms with Gasteiger partial charge >= 0.3 is 0 Å². The molecule has 134 valence electrons. The fraction of sp³-hybridized carbons (Fsp3) is 0.474. The molecule has 0 saturated carbocycles. The Kier molecular flexibility index (Phi) is 5.08. The molecule has 1 saturated heterocycles. The zero-order valence-corrected chi connectivity index (χ0v) is 15.2. The van der Waals surface area contributed by atoms with Crippen LogP contribution in [0.5, 0.6) is 0 Å². The Balaban J connectivity index is 1.63. The number of anilines is 1. The van der Waals surface area contributed by atoms with Gasteiger partial charge in [0.1, 0.15) is 5.76 Å². The summed E-state index contributed by atoms with van der Waals surface area (Å²) in [5.41, 5.74) is 3.62. The first-order valence-corrected chi connectivity index (χ1v) is 8.64. The lowest BCUT2D eigenvalue weighted by Crippen LogP contribution is -2.48. The number of nitrogens with zero attached hydrogens (tertiary/aromatic N) is 2. The van der Waals surface area contributed by atoms with Crippen LogP contribution in [0.25, 0.3) is 0 Å². The molecule has 25 heavy (non-hydrogen) atoms. The van der Waals surface area contributed by atoms with Gasteiger partial charge in [-0.05, 0) is 52.0 Å². The van der Waals surface area contributed by atoms with Crippen molar-refractivity contribution in [2.24, 2.45) is 0 Å². The Labute approximate surface area is 148 Å². The Hall–Kier alpha value is -2.34. The Morgan fingerprint density at radius 1 is 1.20 bits per heavy atom. The van der Waals surface area contributed by atoms with Gasteiger partial charge in [-0.3, -0.25) is 4.79 Å². The van der Waals surface area contributed by atoms with E-state index in [1.54, 1.807) is 0 Å². The molecule has 1 aliphatic heterocycles. The van der Waals surface area contributed by atoms with Gasteiger partial charge in [-0.1, -0.05) is 5.16 Å². The standard InChI is InChI=1S/C19H25N3O3/c1-12-10-22(11-13(2)24-12)19(23)16-5-7-17(8-6-16)20-9-18-14(3)21-25-15(18)4/h5-8,12-13,20H,9-11H2,1-4H3/t12-,13+. The highest BCUT2D eigenvalue weighted by Gasteiger charge is 2.26. The molecule has 2 heterocycles. The van der Waals surface area contributed by atoms with Gasteiger partial charge in [0.15, 0.2) is 0 Å². The van der Waals surface area contributed by atoms with E-state index in [1.165, 1.54) is 0 Å². The van der Waals surface area contributed by atoms with Crippen molar-refractivity contribution in [1.29, 1.82) is 0 Å². The highest BCUT2D eigenvalue weighted by atomic mass is 16.5. The predicted octanol–water partition coefficient (Wildman–Crippen LogP) is 3.15. The third kappa shape index (κ3) is 4.02. The molecule has 6 heteroatoms. The minimum absolute atomic E-state index is 0.0549. The van der Waals surface area contributed by atoms with Gasteiger partial charge in [-0.25, -0.2) is 0 Å². The molecular weight excluding hydrogens is 318 g/mol. The van der Waals surface area contributed by atoms with Crippen LogP contribution in [0, 0.1) is 13.8 Å². The van der Waals surface area contributed by atoms with Crippen LogP contribution >= 0.6 is 0 Å². The van der Waals surface area contributed by atoms with Gasteiger partial charge in [0.2, 0.25) is 0 Å². The van der Waals surface area contributed by atoms with Gasteiger partial charge in [0, 0.05) is 36.4 Å². The fourth-order valence-corrected chi connectivity index (χ4v) is 3.20. The van der Waals surface area contributed by atoms with Gasteiger partial charge in [0.25, 0.3) is 5.91 Å². The van der Waals surface area contributed by atoms with Crippen molar-refractivity contribution in [2.45, 2.75) is 46.4 Å². The average Bonchev–Trinajstić information content (AvgIpc) is 2.90. The lowest BCUT2D eigenvalue weighted by Gasteiger charge is -2.35. The number of rotatable bonds is 4. The topological polar surface area (TPSA) is 67.6 Å². The van der Waals surface area contributed by atoms with Gasteiger partial charge < -0.3 is 19.5 Å². The number of amides is 1. The molecule has 0 bridgehead atoms. The van der Waals surface area contributed by atoms with Crippen molar-refractivity contribution >= 4 is 11.6 Å². The van der Waals surface area contributed by atoms with Crippen molar-refractivity contribution in [3.63, 3.8) is 0 Å². The number of aryl methyl sites for hydroxylation is 2. The quantitative estimate of drug-likeness (QED) is 0.924. The van der Waals surface area contributed by atoms with Crippen LogP contribution in [-0.4, -0.2) is 41.3 Å². The maximum absolute atomic E-state index is 12.7. The van der Waals surface area contributed by atoms with Crippen molar-refractivity contribution in [3.8, 4) is 0 Å². The molecule has 1 aromatic carbocycles. The molecule has 2 atom stereocenters. The number of benzene rings is 1. The molecule has 1 aromatic heterocycles. The zero-order valence-electron chi connectivity index (χ0n) is 15.2. The number of ether oxygens (including phenoxy) is 1. The highest BCUT2D eigenvalue weighted by molar-refractivity contribution is 5.94. The lowest BCUT2D eigenvalue weighted by atomic mass is 10.1. The fourth-order valence-electron chi connectivity index (χ4n) is 3.20. The second kappa shape index (κ2) is 7.27. The third-order valence-corrected chi connectivity index (χ3v) is 4.49. The Morgan fingerprint density at radius 2 is 1.84 bits per heavy atom. The maximum atomic E-state index is 12.7. The van der Waals surface area contributed by atoms with Crippen LogP contribution in [0.15, 0.2) is 28.8 Å². The van der Waals surface area contributed by atoms with E-state index in [0.29, 0.717) is 25.2 Å². The molecule has 0 radical (unpaired) electrons. The first kappa shape index (κ1) is 17.5. The third-order valence-electron chi connectivity index (χ3n) is 4.49. The van der Waals surface area contributed by atoms with Crippen LogP contribution in [0.4, 0.5) is 5.69 Å². The number of hydrogen-bond donors (Lipinski definition) is 1. The Bertz CT molecular complexity index is 709. The molecule has 1 fully saturated rings. The summed E-state index contributed by atoms with van der Waals surface area (Å²) in [6, 6.07) is 7.59. The van der Waals surface area contributed by atoms with E-state index in [1.807, 2.05) is 56.9 Å². The van der Waals surface area contributed by atoms with E-state index in [9.17, 15) is 4.79 Å². The van der Waals surface area contributed by atoms with Gasteiger partial charge in [-0.2, -0.15) is 0 Å². The summed E-state index contributed by atoms with van der Waals surface area (Å²) in [5, 5.41) is 7.30. The summed E-state index contributed by atoms with van der Waals surface area (Å²) in [7, 11) is 0. The average molecular weight is 343 g/mol. The second-order valence-electron chi connectivity index (χ2n) is 6.70. The highest BCUT2D eigenvalue weighted by Crippen LogP contribution is 2.18. The lowest BCUT2D eigenvalue weighted by molar-refractivity contribution is -0.0586. The van der Waals surface area contributed by atoms with E-state index < -0.39 is 0 Å². The van der Waals surface area contributed by atoms with Crippen molar-refractivity contribution in [1.82, 2.24) is 10.1 Å². The van der Waals surface area contributed by atoms with Crippen LogP contribution in [-0.2, 0) is 11.3 Å². The van der Waals surface area contributed by atoms with E-state index in [0.717, 1.165) is 22.7 Å². The van der Waals surface area contributed by atoms with Gasteiger partial charge in [0.05, 0.1) is 17.9 Å². The number of carbonyl (C=O) groups excluding carboxylic acids is 1. The number of hydrogen-bond acceptors (Lipinski definition) is 5. The zero-order chi connectivity index (χ0) is 18.0. The summed E-state index contributed by atoms with van der Waals surface area (Å²) in [6.07, 6.45) is 0.146. The summed E-state index contributed by atoms with van der Waals surface area (Å²) >= 11 is 0. The molecule has 0 unspecified atom stereocenters. The molecule has 1 aliphatic rings. The SMILES string of the molecule is Cc1noc(C)c1CNc1ccc(C(=O)N2C[C@@H](C)O[C@@H](C)C2)cc1. The monoisotopic (exact) mass is 343 g/mol. The molecule has 6 nitrogen and oxygen atoms in total. The summed E-state index contributed by atoms with van der Waals surface area (Å²) in [6.45, 7) is 9.75. The maximum Gasteiger partial charge on any atom is 0.254 e. The van der Waals surface area contributed by atoms with Crippen molar-refractivity contribution < 1.29 is 14.1 Å². The minimum atomic E-state index is 0.0549. The first-order chi connectivity index (χ1) is 11.9. The van der Waals surface area contributed by atoms with E-state index in [2.05, 4.69) is 10.5 Å². The number of morpholine rings is 1. The number of nitrogens with one attached hydrogen (secondary N) is 1. The van der Waals surface area contributed by atoms with Crippen LogP contribution in [0.3, 0.4) is 0 Å². The summed E-state index contributed by atoms with van der Waals surface area (Å²) < 4.78 is 10.9. The Morgan fingerprint density at radius 3 is 2.40 bits per heavy atom. The van der Waals surface area contributed by atoms with Crippen LogP contribution < -0.4 is 5.32 Å². The number of aromatic nitrogens is 1. The van der Waals surface area contributed by atoms with Crippen LogP contribution in [0.2, 0.25) is 0 Å². The van der Waals surface area contributed by atoms with Crippen LogP contribution in [0.1, 0.15) is 41.2 Å².